The number of unbranched alkanes of at least 4 members (excludes halogenated alkanes) is 2. The smallest absolute Gasteiger partial charge is 0.408 e. The van der Waals surface area contributed by atoms with Crippen LogP contribution in [0, 0.1) is 0 Å². The van der Waals surface area contributed by atoms with E-state index in [0.717, 1.165) is 56.1 Å². The molecule has 0 aromatic heterocycles. The van der Waals surface area contributed by atoms with Crippen LogP contribution in [0.1, 0.15) is 96.2 Å². The average molecular weight is 550 g/mol. The van der Waals surface area contributed by atoms with E-state index < -0.39 is 23.8 Å². The van der Waals surface area contributed by atoms with Crippen molar-refractivity contribution < 1.29 is 19.1 Å². The predicted molar refractivity (Wildman–Crippen MR) is 159 cm³/mol. The maximum Gasteiger partial charge on any atom is 0.408 e. The van der Waals surface area contributed by atoms with Crippen LogP contribution in [0.25, 0.3) is 0 Å². The van der Waals surface area contributed by atoms with Crippen LogP contribution in [0.2, 0.25) is 0 Å². The zero-order valence-electron chi connectivity index (χ0n) is 24.7. The number of carbonyl (C=O) groups is 3. The lowest BCUT2D eigenvalue weighted by atomic mass is 9.94. The first-order valence-electron chi connectivity index (χ1n) is 14.9. The van der Waals surface area contributed by atoms with Gasteiger partial charge in [-0.3, -0.25) is 9.59 Å². The number of amides is 3. The zero-order chi connectivity index (χ0) is 29.0. The van der Waals surface area contributed by atoms with Gasteiger partial charge in [0.05, 0.1) is 0 Å². The second-order valence-corrected chi connectivity index (χ2v) is 11.8. The number of rotatable bonds is 12. The molecule has 218 valence electrons. The molecule has 0 radical (unpaired) electrons. The minimum Gasteiger partial charge on any atom is -0.444 e. The molecular formula is C33H47N3O4. The van der Waals surface area contributed by atoms with Crippen molar-refractivity contribution in [1.29, 1.82) is 0 Å². The first kappa shape index (κ1) is 31.2. The lowest BCUT2D eigenvalue weighted by molar-refractivity contribution is -0.143. The number of hydrogen-bond acceptors (Lipinski definition) is 4. The number of ether oxygens (including phenoxy) is 1. The summed E-state index contributed by atoms with van der Waals surface area (Å²) < 4.78 is 5.53. The SMILES string of the molecule is CCCCCN(C(=O)C(Cc1ccccc1)NC(=O)OC(C)(C)C)C(C(=O)NC1CCCCC1)c1ccccc1. The standard InChI is InChI=1S/C33H47N3O4/c1-5-6-16-23-36(29(26-19-12-8-13-20-26)30(37)34-27-21-14-9-15-22-27)31(38)28(24-25-17-10-7-11-18-25)35-32(39)40-33(2,3)4/h7-8,10-13,17-20,27-29H,5-6,9,14-16,21-24H2,1-4H3,(H,34,37)(H,35,39). The number of alkyl carbamates (subject to hydrolysis) is 1. The predicted octanol–water partition coefficient (Wildman–Crippen LogP) is 6.33. The summed E-state index contributed by atoms with van der Waals surface area (Å²) in [4.78, 5) is 43.0. The monoisotopic (exact) mass is 549 g/mol. The summed E-state index contributed by atoms with van der Waals surface area (Å²) in [7, 11) is 0. The quantitative estimate of drug-likeness (QED) is 0.303. The average Bonchev–Trinajstić information content (AvgIpc) is 2.92. The van der Waals surface area contributed by atoms with E-state index in [1.54, 1.807) is 25.7 Å². The summed E-state index contributed by atoms with van der Waals surface area (Å²) in [5, 5.41) is 6.09. The molecule has 2 atom stereocenters. The molecule has 7 heteroatoms. The van der Waals surface area contributed by atoms with Crippen LogP contribution in [-0.4, -0.2) is 47.0 Å². The Morgan fingerprint density at radius 3 is 2.15 bits per heavy atom. The van der Waals surface area contributed by atoms with Crippen molar-refractivity contribution in [3.8, 4) is 0 Å². The van der Waals surface area contributed by atoms with Gasteiger partial charge in [0.15, 0.2) is 0 Å². The Hall–Kier alpha value is -3.35. The summed E-state index contributed by atoms with van der Waals surface area (Å²) in [6, 6.07) is 17.5. The fourth-order valence-electron chi connectivity index (χ4n) is 5.23. The van der Waals surface area contributed by atoms with Crippen LogP contribution in [0.4, 0.5) is 4.79 Å². The normalized spacial score (nSPS) is 15.5. The Balaban J connectivity index is 1.97. The van der Waals surface area contributed by atoms with Crippen molar-refractivity contribution in [2.45, 2.75) is 109 Å². The Bertz CT molecular complexity index is 1060. The molecule has 3 amide bonds. The Morgan fingerprint density at radius 1 is 0.925 bits per heavy atom. The van der Waals surface area contributed by atoms with Crippen LogP contribution in [0.3, 0.4) is 0 Å². The van der Waals surface area contributed by atoms with Gasteiger partial charge in [0, 0.05) is 19.0 Å². The molecule has 1 aliphatic rings. The lowest BCUT2D eigenvalue weighted by Crippen LogP contribution is -2.54. The maximum absolute atomic E-state index is 14.4. The zero-order valence-corrected chi connectivity index (χ0v) is 24.7. The lowest BCUT2D eigenvalue weighted by Gasteiger charge is -2.36. The molecule has 0 spiro atoms. The third-order valence-electron chi connectivity index (χ3n) is 7.18. The van der Waals surface area contributed by atoms with Gasteiger partial charge in [-0.1, -0.05) is 99.7 Å². The van der Waals surface area contributed by atoms with Crippen molar-refractivity contribution in [2.24, 2.45) is 0 Å². The van der Waals surface area contributed by atoms with Gasteiger partial charge in [0.2, 0.25) is 11.8 Å². The molecule has 0 bridgehead atoms. The van der Waals surface area contributed by atoms with E-state index in [2.05, 4.69) is 17.6 Å². The molecular weight excluding hydrogens is 502 g/mol. The van der Waals surface area contributed by atoms with Gasteiger partial charge in [-0.15, -0.1) is 0 Å². The highest BCUT2D eigenvalue weighted by molar-refractivity contribution is 5.92. The Morgan fingerprint density at radius 2 is 1.55 bits per heavy atom. The summed E-state index contributed by atoms with van der Waals surface area (Å²) in [5.74, 6) is -0.461. The van der Waals surface area contributed by atoms with Crippen LogP contribution in [0.5, 0.6) is 0 Å². The second kappa shape index (κ2) is 15.4. The highest BCUT2D eigenvalue weighted by Crippen LogP contribution is 2.26. The third-order valence-corrected chi connectivity index (χ3v) is 7.18. The summed E-state index contributed by atoms with van der Waals surface area (Å²) in [6.45, 7) is 7.89. The fourth-order valence-corrected chi connectivity index (χ4v) is 5.23. The third kappa shape index (κ3) is 10.00. The van der Waals surface area contributed by atoms with E-state index in [0.29, 0.717) is 6.54 Å². The molecule has 2 aromatic rings. The van der Waals surface area contributed by atoms with Gasteiger partial charge in [-0.05, 0) is 51.2 Å². The van der Waals surface area contributed by atoms with Crippen LogP contribution >= 0.6 is 0 Å². The molecule has 1 aliphatic carbocycles. The van der Waals surface area contributed by atoms with E-state index in [9.17, 15) is 14.4 Å². The minimum absolute atomic E-state index is 0.111. The number of nitrogens with one attached hydrogen (secondary N) is 2. The molecule has 0 heterocycles. The molecule has 2 unspecified atom stereocenters. The Kier molecular flexibility index (Phi) is 12.0. The fraction of sp³-hybridized carbons (Fsp3) is 0.545. The maximum atomic E-state index is 14.4. The van der Waals surface area contributed by atoms with E-state index in [1.807, 2.05) is 60.7 Å². The van der Waals surface area contributed by atoms with Crippen LogP contribution in [0.15, 0.2) is 60.7 Å². The van der Waals surface area contributed by atoms with Crippen LogP contribution < -0.4 is 10.6 Å². The van der Waals surface area contributed by atoms with Crippen molar-refractivity contribution in [2.75, 3.05) is 6.54 Å². The highest BCUT2D eigenvalue weighted by Gasteiger charge is 2.37. The van der Waals surface area contributed by atoms with E-state index in [1.165, 1.54) is 6.42 Å². The molecule has 2 aromatic carbocycles. The van der Waals surface area contributed by atoms with Gasteiger partial charge in [-0.25, -0.2) is 4.79 Å². The molecule has 7 nitrogen and oxygen atoms in total. The largest absolute Gasteiger partial charge is 0.444 e. The highest BCUT2D eigenvalue weighted by atomic mass is 16.6. The van der Waals surface area contributed by atoms with Gasteiger partial charge < -0.3 is 20.3 Å². The van der Waals surface area contributed by atoms with Gasteiger partial charge in [-0.2, -0.15) is 0 Å². The number of hydrogen-bond donors (Lipinski definition) is 2. The van der Waals surface area contributed by atoms with Crippen molar-refractivity contribution in [3.05, 3.63) is 71.8 Å². The summed E-state index contributed by atoms with van der Waals surface area (Å²) in [6.07, 6.45) is 7.59. The number of nitrogens with zero attached hydrogens (tertiary/aromatic N) is 1. The molecule has 0 saturated heterocycles. The molecule has 2 N–H and O–H groups in total. The van der Waals surface area contributed by atoms with Gasteiger partial charge >= 0.3 is 6.09 Å². The van der Waals surface area contributed by atoms with E-state index >= 15 is 0 Å². The van der Waals surface area contributed by atoms with E-state index in [-0.39, 0.29) is 24.3 Å². The van der Waals surface area contributed by atoms with E-state index in [4.69, 9.17) is 4.74 Å². The molecule has 3 rings (SSSR count). The minimum atomic E-state index is -0.896. The summed E-state index contributed by atoms with van der Waals surface area (Å²) >= 11 is 0. The van der Waals surface area contributed by atoms with Crippen molar-refractivity contribution >= 4 is 17.9 Å². The van der Waals surface area contributed by atoms with Crippen molar-refractivity contribution in [1.82, 2.24) is 15.5 Å². The molecule has 1 fully saturated rings. The molecule has 40 heavy (non-hydrogen) atoms. The molecule has 0 aliphatic heterocycles. The second-order valence-electron chi connectivity index (χ2n) is 11.8. The molecule has 1 saturated carbocycles. The first-order valence-corrected chi connectivity index (χ1v) is 14.9. The van der Waals surface area contributed by atoms with Gasteiger partial charge in [0.25, 0.3) is 0 Å². The number of carbonyl (C=O) groups excluding carboxylic acids is 3. The van der Waals surface area contributed by atoms with Crippen molar-refractivity contribution in [3.63, 3.8) is 0 Å². The van der Waals surface area contributed by atoms with Crippen LogP contribution in [-0.2, 0) is 20.7 Å². The summed E-state index contributed by atoms with van der Waals surface area (Å²) in [5.41, 5.74) is 0.960. The van der Waals surface area contributed by atoms with Gasteiger partial charge in [0.1, 0.15) is 17.7 Å². The number of benzene rings is 2. The Labute approximate surface area is 240 Å². The topological polar surface area (TPSA) is 87.7 Å². The first-order chi connectivity index (χ1) is 19.2.